The van der Waals surface area contributed by atoms with Crippen molar-refractivity contribution in [3.63, 3.8) is 0 Å². The van der Waals surface area contributed by atoms with Gasteiger partial charge in [-0.25, -0.2) is 0 Å². The molecule has 1 N–H and O–H groups in total. The van der Waals surface area contributed by atoms with E-state index in [4.69, 9.17) is 0 Å². The summed E-state index contributed by atoms with van der Waals surface area (Å²) in [5, 5.41) is 0. The summed E-state index contributed by atoms with van der Waals surface area (Å²) >= 11 is 1.48. The lowest BCUT2D eigenvalue weighted by Crippen LogP contribution is -2.48. The molecule has 144 valence electrons. The van der Waals surface area contributed by atoms with Crippen molar-refractivity contribution in [2.45, 2.75) is 13.5 Å². The second-order valence-electron chi connectivity index (χ2n) is 7.11. The van der Waals surface area contributed by atoms with Gasteiger partial charge in [-0.1, -0.05) is 30.3 Å². The van der Waals surface area contributed by atoms with Crippen LogP contribution in [0.25, 0.3) is 10.4 Å². The van der Waals surface area contributed by atoms with Gasteiger partial charge in [0, 0.05) is 55.4 Å². The first kappa shape index (κ1) is 18.7. The van der Waals surface area contributed by atoms with Crippen molar-refractivity contribution >= 4 is 17.2 Å². The van der Waals surface area contributed by atoms with E-state index in [-0.39, 0.29) is 11.5 Å². The van der Waals surface area contributed by atoms with Crippen molar-refractivity contribution in [2.24, 2.45) is 0 Å². The minimum Gasteiger partial charge on any atom is -0.335 e. The SMILES string of the molecule is Cc1cc(=O)[nH]cc1-c1ccc(C(=O)N2CCN(Cc3ccccc3)CC2)s1. The summed E-state index contributed by atoms with van der Waals surface area (Å²) in [6.07, 6.45) is 1.72. The Balaban J connectivity index is 1.39. The molecular weight excluding hydrogens is 370 g/mol. The molecule has 0 aliphatic carbocycles. The lowest BCUT2D eigenvalue weighted by Gasteiger charge is -2.34. The number of carbonyl (C=O) groups excluding carboxylic acids is 1. The van der Waals surface area contributed by atoms with Gasteiger partial charge in [0.15, 0.2) is 0 Å². The van der Waals surface area contributed by atoms with Gasteiger partial charge in [0.2, 0.25) is 5.56 Å². The van der Waals surface area contributed by atoms with Crippen molar-refractivity contribution in [3.05, 3.63) is 81.1 Å². The van der Waals surface area contributed by atoms with Crippen LogP contribution >= 0.6 is 11.3 Å². The number of pyridine rings is 1. The first-order valence-electron chi connectivity index (χ1n) is 9.45. The number of benzene rings is 1. The van der Waals surface area contributed by atoms with Crippen molar-refractivity contribution in [1.82, 2.24) is 14.8 Å². The average molecular weight is 394 g/mol. The van der Waals surface area contributed by atoms with Gasteiger partial charge in [-0.05, 0) is 30.2 Å². The molecule has 1 amide bonds. The Morgan fingerprint density at radius 2 is 1.82 bits per heavy atom. The molecule has 1 aromatic carbocycles. The van der Waals surface area contributed by atoms with Crippen LogP contribution in [0.1, 0.15) is 20.8 Å². The van der Waals surface area contributed by atoms with Crippen LogP contribution in [-0.2, 0) is 6.54 Å². The Labute approximate surface area is 168 Å². The molecule has 4 rings (SSSR count). The average Bonchev–Trinajstić information content (AvgIpc) is 3.19. The zero-order valence-electron chi connectivity index (χ0n) is 15.9. The van der Waals surface area contributed by atoms with E-state index in [1.54, 1.807) is 12.3 Å². The largest absolute Gasteiger partial charge is 0.335 e. The molecule has 3 heterocycles. The zero-order valence-corrected chi connectivity index (χ0v) is 16.7. The predicted molar refractivity (Wildman–Crippen MR) is 113 cm³/mol. The number of aromatic nitrogens is 1. The Morgan fingerprint density at radius 1 is 1.07 bits per heavy atom. The van der Waals surface area contributed by atoms with Gasteiger partial charge in [-0.15, -0.1) is 11.3 Å². The van der Waals surface area contributed by atoms with Gasteiger partial charge in [0.25, 0.3) is 5.91 Å². The summed E-state index contributed by atoms with van der Waals surface area (Å²) in [6.45, 7) is 6.11. The standard InChI is InChI=1S/C22H23N3O2S/c1-16-13-21(26)23-14-18(16)19-7-8-20(28-19)22(27)25-11-9-24(10-12-25)15-17-5-3-2-4-6-17/h2-8,13-14H,9-12,15H2,1H3,(H,23,26). The summed E-state index contributed by atoms with van der Waals surface area (Å²) < 4.78 is 0. The smallest absolute Gasteiger partial charge is 0.264 e. The number of aromatic amines is 1. The number of piperazine rings is 1. The molecule has 1 fully saturated rings. The van der Waals surface area contributed by atoms with Gasteiger partial charge in [-0.2, -0.15) is 0 Å². The third kappa shape index (κ3) is 4.08. The summed E-state index contributed by atoms with van der Waals surface area (Å²) in [4.78, 5) is 33.1. The minimum absolute atomic E-state index is 0.0951. The minimum atomic E-state index is -0.109. The highest BCUT2D eigenvalue weighted by Crippen LogP contribution is 2.30. The first-order chi connectivity index (χ1) is 13.6. The number of amides is 1. The van der Waals surface area contributed by atoms with Gasteiger partial charge in [-0.3, -0.25) is 14.5 Å². The van der Waals surface area contributed by atoms with Crippen molar-refractivity contribution in [2.75, 3.05) is 26.2 Å². The topological polar surface area (TPSA) is 56.4 Å². The number of rotatable bonds is 4. The van der Waals surface area contributed by atoms with E-state index in [2.05, 4.69) is 34.1 Å². The third-order valence-corrected chi connectivity index (χ3v) is 6.23. The van der Waals surface area contributed by atoms with Gasteiger partial charge >= 0.3 is 0 Å². The summed E-state index contributed by atoms with van der Waals surface area (Å²) in [5.41, 5.74) is 3.08. The Kier molecular flexibility index (Phi) is 5.41. The molecule has 0 unspecified atom stereocenters. The lowest BCUT2D eigenvalue weighted by molar-refractivity contribution is 0.0633. The van der Waals surface area contributed by atoms with Crippen molar-refractivity contribution in [3.8, 4) is 10.4 Å². The monoisotopic (exact) mass is 393 g/mol. The van der Waals surface area contributed by atoms with Gasteiger partial charge in [0.1, 0.15) is 0 Å². The van der Waals surface area contributed by atoms with Crippen LogP contribution in [0.4, 0.5) is 0 Å². The molecule has 5 nitrogen and oxygen atoms in total. The van der Waals surface area contributed by atoms with Crippen molar-refractivity contribution in [1.29, 1.82) is 0 Å². The normalized spacial score (nSPS) is 15.0. The molecule has 6 heteroatoms. The summed E-state index contributed by atoms with van der Waals surface area (Å²) in [5.74, 6) is 0.0951. The molecule has 0 spiro atoms. The Hall–Kier alpha value is -2.70. The molecule has 1 aliphatic rings. The molecule has 1 aliphatic heterocycles. The molecule has 2 aromatic heterocycles. The second kappa shape index (κ2) is 8.12. The Morgan fingerprint density at radius 3 is 2.54 bits per heavy atom. The molecule has 0 saturated carbocycles. The second-order valence-corrected chi connectivity index (χ2v) is 8.20. The van der Waals surface area contributed by atoms with Gasteiger partial charge < -0.3 is 9.88 Å². The highest BCUT2D eigenvalue weighted by molar-refractivity contribution is 7.17. The number of nitrogens with one attached hydrogen (secondary N) is 1. The van der Waals surface area contributed by atoms with E-state index < -0.39 is 0 Å². The number of nitrogens with zero attached hydrogens (tertiary/aromatic N) is 2. The quantitative estimate of drug-likeness (QED) is 0.739. The highest BCUT2D eigenvalue weighted by atomic mass is 32.1. The molecule has 28 heavy (non-hydrogen) atoms. The molecule has 0 atom stereocenters. The van der Waals surface area contributed by atoms with Crippen LogP contribution in [0.15, 0.2) is 59.5 Å². The van der Waals surface area contributed by atoms with Crippen LogP contribution in [-0.4, -0.2) is 46.9 Å². The summed E-state index contributed by atoms with van der Waals surface area (Å²) in [6, 6.07) is 15.9. The maximum atomic E-state index is 12.9. The third-order valence-electron chi connectivity index (χ3n) is 5.12. The maximum Gasteiger partial charge on any atom is 0.264 e. The van der Waals surface area contributed by atoms with Gasteiger partial charge in [0.05, 0.1) is 4.88 Å². The van der Waals surface area contributed by atoms with Crippen LogP contribution in [0.3, 0.4) is 0 Å². The fourth-order valence-corrected chi connectivity index (χ4v) is 4.60. The number of aryl methyl sites for hydroxylation is 1. The summed E-state index contributed by atoms with van der Waals surface area (Å²) in [7, 11) is 0. The maximum absolute atomic E-state index is 12.9. The fraction of sp³-hybridized carbons (Fsp3) is 0.273. The number of H-pyrrole nitrogens is 1. The van der Waals surface area contributed by atoms with E-state index >= 15 is 0 Å². The van der Waals surface area contributed by atoms with Crippen molar-refractivity contribution < 1.29 is 4.79 Å². The molecule has 1 saturated heterocycles. The fourth-order valence-electron chi connectivity index (χ4n) is 3.54. The van der Waals surface area contributed by atoms with E-state index in [9.17, 15) is 9.59 Å². The van der Waals surface area contributed by atoms with E-state index in [1.807, 2.05) is 30.0 Å². The van der Waals surface area contributed by atoms with Crippen LogP contribution in [0, 0.1) is 6.92 Å². The molecule has 3 aromatic rings. The molecular formula is C22H23N3O2S. The number of hydrogen-bond acceptors (Lipinski definition) is 4. The molecule has 0 radical (unpaired) electrons. The van der Waals surface area contributed by atoms with Crippen LogP contribution in [0.5, 0.6) is 0 Å². The van der Waals surface area contributed by atoms with E-state index in [0.29, 0.717) is 0 Å². The van der Waals surface area contributed by atoms with Crippen LogP contribution in [0.2, 0.25) is 0 Å². The lowest BCUT2D eigenvalue weighted by atomic mass is 10.1. The predicted octanol–water partition coefficient (Wildman–Crippen LogP) is 3.37. The van der Waals surface area contributed by atoms with E-state index in [0.717, 1.165) is 53.6 Å². The molecule has 0 bridgehead atoms. The zero-order chi connectivity index (χ0) is 19.5. The Bertz CT molecular complexity index is 1020. The number of thiophene rings is 1. The number of carbonyl (C=O) groups is 1. The highest BCUT2D eigenvalue weighted by Gasteiger charge is 2.23. The van der Waals surface area contributed by atoms with E-state index in [1.165, 1.54) is 16.9 Å². The first-order valence-corrected chi connectivity index (χ1v) is 10.3. The number of hydrogen-bond donors (Lipinski definition) is 1. The van der Waals surface area contributed by atoms with Crippen LogP contribution < -0.4 is 5.56 Å².